The van der Waals surface area contributed by atoms with E-state index in [0.717, 1.165) is 18.9 Å². The summed E-state index contributed by atoms with van der Waals surface area (Å²) < 4.78 is 20.7. The highest BCUT2D eigenvalue weighted by Crippen LogP contribution is 2.78. The van der Waals surface area contributed by atoms with Crippen LogP contribution in [0.5, 0.6) is 0 Å². The van der Waals surface area contributed by atoms with Crippen LogP contribution < -0.4 is 0 Å². The molecule has 190 valence electrons. The first-order valence-corrected chi connectivity index (χ1v) is 14.2. The summed E-state index contributed by atoms with van der Waals surface area (Å²) in [5, 5.41) is 0. The number of ketones is 1. The predicted octanol–water partition coefficient (Wildman–Crippen LogP) is 7.91. The van der Waals surface area contributed by atoms with Crippen LogP contribution in [0.15, 0.2) is 11.9 Å². The minimum Gasteiger partial charge on any atom is -0.377 e. The Morgan fingerprint density at radius 1 is 0.853 bits per heavy atom. The summed E-state index contributed by atoms with van der Waals surface area (Å²) in [5.41, 5.74) is 1.19. The highest BCUT2D eigenvalue weighted by Gasteiger charge is 2.73. The Morgan fingerprint density at radius 3 is 2.26 bits per heavy atom. The summed E-state index contributed by atoms with van der Waals surface area (Å²) in [6, 6.07) is 0. The van der Waals surface area contributed by atoms with E-state index < -0.39 is 5.41 Å². The van der Waals surface area contributed by atoms with Crippen molar-refractivity contribution in [2.45, 2.75) is 112 Å². The summed E-state index contributed by atoms with van der Waals surface area (Å²) in [5.74, 6) is 2.37. The first-order chi connectivity index (χ1) is 15.8. The summed E-state index contributed by atoms with van der Waals surface area (Å²) >= 11 is 0. The van der Waals surface area contributed by atoms with Gasteiger partial charge in [-0.2, -0.15) is 0 Å². The van der Waals surface area contributed by atoms with Crippen LogP contribution in [0.1, 0.15) is 106 Å². The maximum absolute atomic E-state index is 14.0. The molecule has 9 atom stereocenters. The van der Waals surface area contributed by atoms with Crippen LogP contribution in [-0.4, -0.2) is 18.5 Å². The minimum absolute atomic E-state index is 0.00718. The first kappa shape index (κ1) is 23.7. The first-order valence-electron chi connectivity index (χ1n) is 14.2. The second-order valence-electron chi connectivity index (χ2n) is 15.6. The lowest BCUT2D eigenvalue weighted by molar-refractivity contribution is -0.236. The molecule has 6 rings (SSSR count). The lowest BCUT2D eigenvalue weighted by atomic mass is 9.31. The molecule has 2 nitrogen and oxygen atoms in total. The van der Waals surface area contributed by atoms with E-state index in [-0.39, 0.29) is 22.0 Å². The molecule has 1 aliphatic heterocycles. The van der Waals surface area contributed by atoms with E-state index in [9.17, 15) is 9.18 Å². The van der Waals surface area contributed by atoms with Gasteiger partial charge in [-0.25, -0.2) is 4.39 Å². The maximum Gasteiger partial charge on any atom is 0.167 e. The number of halogens is 1. The van der Waals surface area contributed by atoms with Crippen molar-refractivity contribution in [2.24, 2.45) is 56.2 Å². The molecule has 1 heterocycles. The maximum atomic E-state index is 14.0. The van der Waals surface area contributed by atoms with Gasteiger partial charge in [0.25, 0.3) is 0 Å². The Morgan fingerprint density at radius 2 is 1.56 bits per heavy atom. The highest BCUT2D eigenvalue weighted by atomic mass is 19.1. The summed E-state index contributed by atoms with van der Waals surface area (Å²) in [4.78, 5) is 13.2. The molecular formula is C31H47FO2. The number of carbonyl (C=O) groups excluding carboxylic acids is 1. The number of ether oxygens (including phenoxy) is 1. The zero-order valence-electron chi connectivity index (χ0n) is 22.7. The molecule has 6 aliphatic rings. The Hall–Kier alpha value is -0.700. The van der Waals surface area contributed by atoms with Crippen LogP contribution in [0.25, 0.3) is 0 Å². The smallest absolute Gasteiger partial charge is 0.167 e. The third-order valence-corrected chi connectivity index (χ3v) is 13.9. The van der Waals surface area contributed by atoms with Crippen molar-refractivity contribution < 1.29 is 13.9 Å². The summed E-state index contributed by atoms with van der Waals surface area (Å²) in [7, 11) is 0. The van der Waals surface area contributed by atoms with E-state index in [1.807, 2.05) is 0 Å². The predicted molar refractivity (Wildman–Crippen MR) is 134 cm³/mol. The van der Waals surface area contributed by atoms with E-state index >= 15 is 0 Å². The number of carbonyl (C=O) groups is 1. The molecule has 1 saturated heterocycles. The number of fused-ring (bicyclic) bond motifs is 5. The summed E-state index contributed by atoms with van der Waals surface area (Å²) in [6.45, 7) is 17.8. The van der Waals surface area contributed by atoms with Gasteiger partial charge in [0.15, 0.2) is 5.78 Å². The average molecular weight is 471 g/mol. The van der Waals surface area contributed by atoms with Crippen LogP contribution >= 0.6 is 0 Å². The fourth-order valence-corrected chi connectivity index (χ4v) is 11.9. The molecule has 0 unspecified atom stereocenters. The second-order valence-corrected chi connectivity index (χ2v) is 15.6. The quantitative estimate of drug-likeness (QED) is 0.336. The van der Waals surface area contributed by atoms with Crippen molar-refractivity contribution in [3.05, 3.63) is 11.9 Å². The number of hydrogen-bond donors (Lipinski definition) is 0. The van der Waals surface area contributed by atoms with Crippen molar-refractivity contribution in [2.75, 3.05) is 6.61 Å². The van der Waals surface area contributed by atoms with E-state index in [0.29, 0.717) is 53.0 Å². The largest absolute Gasteiger partial charge is 0.377 e. The molecule has 5 saturated carbocycles. The van der Waals surface area contributed by atoms with Crippen molar-refractivity contribution in [3.63, 3.8) is 0 Å². The third-order valence-electron chi connectivity index (χ3n) is 13.9. The summed E-state index contributed by atoms with van der Waals surface area (Å²) in [6.07, 6.45) is 11.8. The zero-order valence-corrected chi connectivity index (χ0v) is 22.7. The van der Waals surface area contributed by atoms with Crippen molar-refractivity contribution in [1.29, 1.82) is 0 Å². The van der Waals surface area contributed by atoms with Crippen molar-refractivity contribution >= 4 is 5.78 Å². The molecule has 3 heteroatoms. The van der Waals surface area contributed by atoms with Crippen molar-refractivity contribution in [1.82, 2.24) is 0 Å². The van der Waals surface area contributed by atoms with Crippen LogP contribution in [-0.2, 0) is 9.53 Å². The topological polar surface area (TPSA) is 26.3 Å². The van der Waals surface area contributed by atoms with E-state index in [4.69, 9.17) is 4.74 Å². The molecule has 0 N–H and O–H groups in total. The van der Waals surface area contributed by atoms with Gasteiger partial charge in [0, 0.05) is 11.0 Å². The molecule has 0 amide bonds. The third kappa shape index (κ3) is 2.54. The Kier molecular flexibility index (Phi) is 4.73. The van der Waals surface area contributed by atoms with Gasteiger partial charge in [0.05, 0.1) is 19.0 Å². The van der Waals surface area contributed by atoms with Gasteiger partial charge in [-0.05, 0) is 109 Å². The Bertz CT molecular complexity index is 949. The van der Waals surface area contributed by atoms with Gasteiger partial charge >= 0.3 is 0 Å². The molecule has 0 spiro atoms. The molecule has 0 aromatic rings. The Balaban J connectivity index is 1.42. The second kappa shape index (κ2) is 6.78. The van der Waals surface area contributed by atoms with Crippen molar-refractivity contribution in [3.8, 4) is 0 Å². The average Bonchev–Trinajstić information content (AvgIpc) is 3.10. The van der Waals surface area contributed by atoms with E-state index in [1.54, 1.807) is 0 Å². The normalized spacial score (nSPS) is 56.3. The van der Waals surface area contributed by atoms with Gasteiger partial charge in [-0.15, -0.1) is 0 Å². The number of Topliss-reactive ketones (excluding diaryl/α,β-unsaturated/α-hetero) is 1. The number of allylic oxidation sites excluding steroid dienone is 1. The van der Waals surface area contributed by atoms with Crippen LogP contribution in [0.3, 0.4) is 0 Å². The van der Waals surface area contributed by atoms with Crippen LogP contribution in [0.4, 0.5) is 4.39 Å². The monoisotopic (exact) mass is 470 g/mol. The van der Waals surface area contributed by atoms with E-state index in [1.165, 1.54) is 44.9 Å². The fourth-order valence-electron chi connectivity index (χ4n) is 11.9. The molecule has 34 heavy (non-hydrogen) atoms. The highest BCUT2D eigenvalue weighted by molar-refractivity contribution is 6.00. The molecular weight excluding hydrogens is 423 g/mol. The van der Waals surface area contributed by atoms with Crippen LogP contribution in [0, 0.1) is 56.2 Å². The van der Waals surface area contributed by atoms with Crippen LogP contribution in [0.2, 0.25) is 0 Å². The van der Waals surface area contributed by atoms with Gasteiger partial charge in [0.1, 0.15) is 0 Å². The lowest BCUT2D eigenvalue weighted by Gasteiger charge is -2.73. The number of hydrogen-bond acceptors (Lipinski definition) is 2. The molecule has 0 aromatic heterocycles. The standard InChI is InChI=1S/C31H47FO2/c1-26(2)12-14-31-15-13-29(6)20(23(31)25(26)34-18-31)8-9-22-28(5)16-19(17-32)24(33)27(3,4)21(28)10-11-30(22,29)7/h17,20-23,25H,8-16,18H2,1-7H3/b19-17+/t20-,21+,22-,23-,25-,28+,29-,30-,31-/m1/s1. The molecule has 6 fully saturated rings. The molecule has 5 aliphatic carbocycles. The minimum atomic E-state index is -0.471. The molecule has 0 aromatic carbocycles. The Labute approximate surface area is 206 Å². The fraction of sp³-hybridized carbons (Fsp3) is 0.903. The van der Waals surface area contributed by atoms with Gasteiger partial charge in [0.2, 0.25) is 0 Å². The van der Waals surface area contributed by atoms with Gasteiger partial charge in [-0.1, -0.05) is 48.5 Å². The number of rotatable bonds is 0. The molecule has 0 radical (unpaired) electrons. The SMILES string of the molecule is CC1(C)CC[C@]23CC[C@]4(C)[C@H](CC[C@@H]5[C@@]6(C)C/C(=C\F)C(=O)C(C)(C)[C@@H]6CC[C@]54C)[C@@H]2[C@H]1OC3. The zero-order chi connectivity index (χ0) is 24.5. The van der Waals surface area contributed by atoms with E-state index in [2.05, 4.69) is 48.5 Å². The van der Waals surface area contributed by atoms with Gasteiger partial charge < -0.3 is 4.74 Å². The molecule has 2 bridgehead atoms. The lowest BCUT2D eigenvalue weighted by Crippen LogP contribution is -2.67. The van der Waals surface area contributed by atoms with Gasteiger partial charge in [-0.3, -0.25) is 4.79 Å².